The van der Waals surface area contributed by atoms with E-state index in [1.807, 2.05) is 7.05 Å². The van der Waals surface area contributed by atoms with Gasteiger partial charge < -0.3 is 15.5 Å². The summed E-state index contributed by atoms with van der Waals surface area (Å²) in [5.41, 5.74) is 2.52. The fourth-order valence-corrected chi connectivity index (χ4v) is 3.10. The van der Waals surface area contributed by atoms with Crippen LogP contribution in [0.3, 0.4) is 0 Å². The Morgan fingerprint density at radius 3 is 2.30 bits per heavy atom. The smallest absolute Gasteiger partial charge is 0.0912 e. The first-order valence-electron chi connectivity index (χ1n) is 8.84. The zero-order valence-corrected chi connectivity index (χ0v) is 16.1. The molecule has 0 aliphatic heterocycles. The van der Waals surface area contributed by atoms with Crippen LogP contribution in [-0.4, -0.2) is 31.6 Å². The first-order valence-corrected chi connectivity index (χ1v) is 8.84. The Balaban J connectivity index is 2.47. The minimum Gasteiger partial charge on any atom is -0.378 e. The van der Waals surface area contributed by atoms with Gasteiger partial charge in [-0.05, 0) is 37.0 Å². The molecule has 0 spiro atoms. The van der Waals surface area contributed by atoms with Gasteiger partial charge in [0, 0.05) is 38.8 Å². The minimum absolute atomic E-state index is 0.356. The predicted octanol–water partition coefficient (Wildman–Crippen LogP) is 3.98. The lowest BCUT2D eigenvalue weighted by molar-refractivity contribution is 0.330. The van der Waals surface area contributed by atoms with E-state index in [0.29, 0.717) is 17.9 Å². The van der Waals surface area contributed by atoms with Gasteiger partial charge in [-0.3, -0.25) is 0 Å². The van der Waals surface area contributed by atoms with Crippen molar-refractivity contribution in [2.75, 3.05) is 20.6 Å². The third-order valence-electron chi connectivity index (χ3n) is 5.37. The summed E-state index contributed by atoms with van der Waals surface area (Å²) < 4.78 is 0. The Morgan fingerprint density at radius 2 is 1.83 bits per heavy atom. The molecule has 132 valence electrons. The van der Waals surface area contributed by atoms with Gasteiger partial charge >= 0.3 is 0 Å². The SMILES string of the molecule is C=C(NC)NC(CC(=C)N(C)C[C@@H]1C[C@@H]1C(C)C(=C)C)C(C)C. The lowest BCUT2D eigenvalue weighted by atomic mass is 9.97. The van der Waals surface area contributed by atoms with Crippen LogP contribution in [-0.2, 0) is 0 Å². The molecule has 1 rings (SSSR count). The summed E-state index contributed by atoms with van der Waals surface area (Å²) in [7, 11) is 4.07. The quantitative estimate of drug-likeness (QED) is 0.564. The van der Waals surface area contributed by atoms with Crippen molar-refractivity contribution in [3.63, 3.8) is 0 Å². The second kappa shape index (κ2) is 8.47. The van der Waals surface area contributed by atoms with Crippen molar-refractivity contribution in [3.8, 4) is 0 Å². The number of rotatable bonds is 11. The lowest BCUT2D eigenvalue weighted by Crippen LogP contribution is -2.38. The third kappa shape index (κ3) is 5.96. The van der Waals surface area contributed by atoms with E-state index in [4.69, 9.17) is 0 Å². The maximum Gasteiger partial charge on any atom is 0.0912 e. The Labute approximate surface area is 143 Å². The standard InChI is InChI=1S/C20H37N3/c1-13(2)16(6)19-11-18(19)12-23(9)15(5)10-20(14(3)4)22-17(7)21-8/h14,16,18-22H,1,5,7,10-12H2,2-4,6,8-9H3/t16?,18-,19+,20?/m0/s1. The lowest BCUT2D eigenvalue weighted by Gasteiger charge is -2.29. The summed E-state index contributed by atoms with van der Waals surface area (Å²) in [4.78, 5) is 2.34. The van der Waals surface area contributed by atoms with Gasteiger partial charge in [0.1, 0.15) is 0 Å². The van der Waals surface area contributed by atoms with E-state index in [9.17, 15) is 0 Å². The molecule has 1 aliphatic rings. The summed E-state index contributed by atoms with van der Waals surface area (Å²) in [6.45, 7) is 22.4. The molecular weight excluding hydrogens is 282 g/mol. The molecular formula is C20H37N3. The molecule has 1 saturated carbocycles. The van der Waals surface area contributed by atoms with Crippen LogP contribution in [0.1, 0.15) is 40.5 Å². The van der Waals surface area contributed by atoms with Crippen LogP contribution in [0, 0.1) is 23.7 Å². The zero-order valence-electron chi connectivity index (χ0n) is 16.1. The predicted molar refractivity (Wildman–Crippen MR) is 102 cm³/mol. The van der Waals surface area contributed by atoms with Gasteiger partial charge in [0.25, 0.3) is 0 Å². The summed E-state index contributed by atoms with van der Waals surface area (Å²) in [6, 6.07) is 0.356. The van der Waals surface area contributed by atoms with Crippen LogP contribution in [0.25, 0.3) is 0 Å². The Bertz CT molecular complexity index is 438. The summed E-state index contributed by atoms with van der Waals surface area (Å²) >= 11 is 0. The maximum atomic E-state index is 4.31. The molecule has 0 aromatic heterocycles. The maximum absolute atomic E-state index is 4.31. The first kappa shape index (κ1) is 19.7. The number of hydrogen-bond donors (Lipinski definition) is 2. The van der Waals surface area contributed by atoms with E-state index in [1.165, 1.54) is 17.7 Å². The molecule has 0 bridgehead atoms. The van der Waals surface area contributed by atoms with Crippen molar-refractivity contribution in [1.29, 1.82) is 0 Å². The van der Waals surface area contributed by atoms with Crippen molar-refractivity contribution in [2.24, 2.45) is 23.7 Å². The molecule has 3 heteroatoms. The minimum atomic E-state index is 0.356. The molecule has 0 aromatic carbocycles. The molecule has 0 radical (unpaired) electrons. The van der Waals surface area contributed by atoms with Crippen LogP contribution in [0.2, 0.25) is 0 Å². The van der Waals surface area contributed by atoms with Crippen molar-refractivity contribution >= 4 is 0 Å². The van der Waals surface area contributed by atoms with E-state index in [1.54, 1.807) is 0 Å². The summed E-state index contributed by atoms with van der Waals surface area (Å²) in [5, 5.41) is 6.52. The topological polar surface area (TPSA) is 27.3 Å². The zero-order chi connectivity index (χ0) is 17.7. The second-order valence-corrected chi connectivity index (χ2v) is 7.67. The van der Waals surface area contributed by atoms with Crippen LogP contribution in [0.15, 0.2) is 36.8 Å². The molecule has 3 nitrogen and oxygen atoms in total. The number of hydrogen-bond acceptors (Lipinski definition) is 3. The highest BCUT2D eigenvalue weighted by Gasteiger charge is 2.41. The summed E-state index contributed by atoms with van der Waals surface area (Å²) in [6.07, 6.45) is 2.27. The number of nitrogens with zero attached hydrogens (tertiary/aromatic N) is 1. The molecule has 1 fully saturated rings. The van der Waals surface area contributed by atoms with Crippen LogP contribution < -0.4 is 10.6 Å². The van der Waals surface area contributed by atoms with Gasteiger partial charge in [-0.1, -0.05) is 46.1 Å². The highest BCUT2D eigenvalue weighted by Crippen LogP contribution is 2.47. The average molecular weight is 320 g/mol. The van der Waals surface area contributed by atoms with Gasteiger partial charge in [0.2, 0.25) is 0 Å². The first-order chi connectivity index (χ1) is 10.7. The monoisotopic (exact) mass is 319 g/mol. The molecule has 2 unspecified atom stereocenters. The molecule has 0 heterocycles. The van der Waals surface area contributed by atoms with Crippen LogP contribution in [0.4, 0.5) is 0 Å². The third-order valence-corrected chi connectivity index (χ3v) is 5.37. The molecule has 0 saturated heterocycles. The molecule has 23 heavy (non-hydrogen) atoms. The molecule has 2 N–H and O–H groups in total. The fourth-order valence-electron chi connectivity index (χ4n) is 3.10. The number of allylic oxidation sites excluding steroid dienone is 1. The molecule has 1 aliphatic carbocycles. The van der Waals surface area contributed by atoms with Crippen LogP contribution in [0.5, 0.6) is 0 Å². The number of nitrogens with one attached hydrogen (secondary N) is 2. The largest absolute Gasteiger partial charge is 0.378 e. The van der Waals surface area contributed by atoms with Crippen molar-refractivity contribution in [2.45, 2.75) is 46.6 Å². The Kier molecular flexibility index (Phi) is 7.24. The Morgan fingerprint density at radius 1 is 1.22 bits per heavy atom. The molecule has 0 aromatic rings. The van der Waals surface area contributed by atoms with Gasteiger partial charge in [0.05, 0.1) is 5.82 Å². The van der Waals surface area contributed by atoms with E-state index in [-0.39, 0.29) is 0 Å². The van der Waals surface area contributed by atoms with E-state index in [2.05, 4.69) is 70.0 Å². The van der Waals surface area contributed by atoms with E-state index in [0.717, 1.165) is 30.6 Å². The average Bonchev–Trinajstić information content (AvgIpc) is 3.23. The van der Waals surface area contributed by atoms with Gasteiger partial charge in [-0.2, -0.15) is 0 Å². The fraction of sp³-hybridized carbons (Fsp3) is 0.700. The van der Waals surface area contributed by atoms with Crippen LogP contribution >= 0.6 is 0 Å². The van der Waals surface area contributed by atoms with Crippen molar-refractivity contribution in [1.82, 2.24) is 15.5 Å². The summed E-state index contributed by atoms with van der Waals surface area (Å²) in [5.74, 6) is 3.65. The van der Waals surface area contributed by atoms with Gasteiger partial charge in [-0.15, -0.1) is 0 Å². The Hall–Kier alpha value is -1.38. The molecule has 0 amide bonds. The van der Waals surface area contributed by atoms with E-state index < -0.39 is 0 Å². The van der Waals surface area contributed by atoms with Crippen molar-refractivity contribution < 1.29 is 0 Å². The highest BCUT2D eigenvalue weighted by atomic mass is 15.1. The normalized spacial score (nSPS) is 22.2. The van der Waals surface area contributed by atoms with E-state index >= 15 is 0 Å². The van der Waals surface area contributed by atoms with Crippen molar-refractivity contribution in [3.05, 3.63) is 36.8 Å². The second-order valence-electron chi connectivity index (χ2n) is 7.67. The molecule has 4 atom stereocenters. The van der Waals surface area contributed by atoms with Gasteiger partial charge in [-0.25, -0.2) is 0 Å². The highest BCUT2D eigenvalue weighted by molar-refractivity contribution is 5.07. The van der Waals surface area contributed by atoms with Gasteiger partial charge in [0.15, 0.2) is 0 Å².